The molecule has 1 aliphatic heterocycles. The van der Waals surface area contributed by atoms with Gasteiger partial charge in [0.15, 0.2) is 17.3 Å². The number of carbonyl (C=O) groups excluding carboxylic acids is 2. The van der Waals surface area contributed by atoms with Crippen LogP contribution >= 0.6 is 0 Å². The normalized spacial score (nSPS) is 17.5. The van der Waals surface area contributed by atoms with Gasteiger partial charge in [0.2, 0.25) is 5.91 Å². The van der Waals surface area contributed by atoms with Crippen molar-refractivity contribution in [1.29, 1.82) is 0 Å². The number of hydrogen-bond acceptors (Lipinski definition) is 4. The summed E-state index contributed by atoms with van der Waals surface area (Å²) in [6, 6.07) is 5.46. The second kappa shape index (κ2) is 6.60. The van der Waals surface area contributed by atoms with Crippen LogP contribution in [-0.2, 0) is 4.79 Å². The number of Topliss-reactive ketones (excluding diaryl/α,β-unsaturated/α-hetero) is 1. The van der Waals surface area contributed by atoms with Gasteiger partial charge in [-0.2, -0.15) is 0 Å². The third-order valence-corrected chi connectivity index (χ3v) is 4.74. The van der Waals surface area contributed by atoms with Gasteiger partial charge in [-0.1, -0.05) is 0 Å². The molecule has 1 aromatic carbocycles. The molecular formula is C18H23NO4. The van der Waals surface area contributed by atoms with E-state index < -0.39 is 0 Å². The molecule has 1 saturated carbocycles. The highest BCUT2D eigenvalue weighted by Gasteiger charge is 2.32. The van der Waals surface area contributed by atoms with E-state index in [1.165, 1.54) is 12.8 Å². The zero-order valence-corrected chi connectivity index (χ0v) is 13.7. The fourth-order valence-corrected chi connectivity index (χ4v) is 2.88. The number of ketones is 1. The number of amides is 1. The number of hydrogen-bond donors (Lipinski definition) is 0. The Balaban J connectivity index is 1.55. The van der Waals surface area contributed by atoms with Gasteiger partial charge < -0.3 is 14.4 Å². The van der Waals surface area contributed by atoms with Crippen molar-refractivity contribution < 1.29 is 19.1 Å². The molecule has 1 fully saturated rings. The average molecular weight is 317 g/mol. The average Bonchev–Trinajstić information content (AvgIpc) is 3.42. The molecule has 1 heterocycles. The summed E-state index contributed by atoms with van der Waals surface area (Å²) < 4.78 is 10.9. The van der Waals surface area contributed by atoms with Gasteiger partial charge in [-0.25, -0.2) is 0 Å². The number of ether oxygens (including phenoxy) is 2. The van der Waals surface area contributed by atoms with Gasteiger partial charge in [-0.3, -0.25) is 9.59 Å². The highest BCUT2D eigenvalue weighted by molar-refractivity contribution is 5.98. The molecule has 0 saturated heterocycles. The maximum atomic E-state index is 12.3. The standard InChI is InChI=1S/C18H23NO4/c1-12(13-3-4-13)19(2)18(21)8-6-15(20)14-5-7-16-17(11-14)23-10-9-22-16/h5,7,11-13H,3-4,6,8-10H2,1-2H3. The van der Waals surface area contributed by atoms with Crippen molar-refractivity contribution in [2.24, 2.45) is 5.92 Å². The molecule has 5 nitrogen and oxygen atoms in total. The number of carbonyl (C=O) groups is 2. The van der Waals surface area contributed by atoms with Gasteiger partial charge in [0, 0.05) is 31.5 Å². The minimum atomic E-state index is -0.0391. The molecule has 1 aliphatic carbocycles. The first-order valence-corrected chi connectivity index (χ1v) is 8.25. The quantitative estimate of drug-likeness (QED) is 0.757. The van der Waals surface area contributed by atoms with E-state index in [1.807, 2.05) is 7.05 Å². The highest BCUT2D eigenvalue weighted by Crippen LogP contribution is 2.35. The van der Waals surface area contributed by atoms with Crippen molar-refractivity contribution in [2.45, 2.75) is 38.6 Å². The molecule has 2 aliphatic rings. The molecule has 0 aromatic heterocycles. The smallest absolute Gasteiger partial charge is 0.223 e. The van der Waals surface area contributed by atoms with E-state index in [2.05, 4.69) is 6.92 Å². The molecule has 1 unspecified atom stereocenters. The maximum Gasteiger partial charge on any atom is 0.223 e. The van der Waals surface area contributed by atoms with Crippen LogP contribution in [0.3, 0.4) is 0 Å². The Hall–Kier alpha value is -2.04. The molecular weight excluding hydrogens is 294 g/mol. The summed E-state index contributed by atoms with van der Waals surface area (Å²) >= 11 is 0. The summed E-state index contributed by atoms with van der Waals surface area (Å²) in [7, 11) is 1.83. The van der Waals surface area contributed by atoms with Crippen LogP contribution in [0.4, 0.5) is 0 Å². The second-order valence-electron chi connectivity index (χ2n) is 6.36. The van der Waals surface area contributed by atoms with Gasteiger partial charge >= 0.3 is 0 Å². The SMILES string of the molecule is CC(C1CC1)N(C)C(=O)CCC(=O)c1ccc2c(c1)OCCO2. The number of benzene rings is 1. The van der Waals surface area contributed by atoms with E-state index in [0.717, 1.165) is 0 Å². The summed E-state index contributed by atoms with van der Waals surface area (Å²) in [6.07, 6.45) is 2.88. The highest BCUT2D eigenvalue weighted by atomic mass is 16.6. The topological polar surface area (TPSA) is 55.8 Å². The lowest BCUT2D eigenvalue weighted by atomic mass is 10.0. The van der Waals surface area contributed by atoms with Crippen LogP contribution < -0.4 is 9.47 Å². The molecule has 5 heteroatoms. The molecule has 0 bridgehead atoms. The first-order valence-electron chi connectivity index (χ1n) is 8.25. The van der Waals surface area contributed by atoms with Crippen molar-refractivity contribution in [3.05, 3.63) is 23.8 Å². The zero-order valence-electron chi connectivity index (χ0n) is 13.7. The minimum absolute atomic E-state index is 0.0373. The molecule has 3 rings (SSSR count). The van der Waals surface area contributed by atoms with E-state index in [9.17, 15) is 9.59 Å². The third kappa shape index (κ3) is 3.66. The Morgan fingerprint density at radius 1 is 1.17 bits per heavy atom. The van der Waals surface area contributed by atoms with Crippen LogP contribution in [0, 0.1) is 5.92 Å². The van der Waals surface area contributed by atoms with Gasteiger partial charge in [-0.15, -0.1) is 0 Å². The Kier molecular flexibility index (Phi) is 4.55. The molecule has 1 aromatic rings. The molecule has 0 spiro atoms. The molecule has 1 atom stereocenters. The van der Waals surface area contributed by atoms with Crippen molar-refractivity contribution in [2.75, 3.05) is 20.3 Å². The Labute approximate surface area is 136 Å². The van der Waals surface area contributed by atoms with E-state index in [-0.39, 0.29) is 30.6 Å². The van der Waals surface area contributed by atoms with Crippen molar-refractivity contribution in [1.82, 2.24) is 4.90 Å². The Morgan fingerprint density at radius 3 is 2.57 bits per heavy atom. The Morgan fingerprint density at radius 2 is 1.87 bits per heavy atom. The summed E-state index contributed by atoms with van der Waals surface area (Å²) in [5.41, 5.74) is 0.569. The van der Waals surface area contributed by atoms with Gasteiger partial charge in [0.05, 0.1) is 0 Å². The maximum absolute atomic E-state index is 12.3. The van der Waals surface area contributed by atoms with E-state index in [1.54, 1.807) is 23.1 Å². The molecule has 0 N–H and O–H groups in total. The van der Waals surface area contributed by atoms with Gasteiger partial charge in [0.1, 0.15) is 13.2 Å². The number of nitrogens with zero attached hydrogens (tertiary/aromatic N) is 1. The predicted octanol–water partition coefficient (Wildman–Crippen LogP) is 2.68. The van der Waals surface area contributed by atoms with Crippen molar-refractivity contribution in [3.63, 3.8) is 0 Å². The lowest BCUT2D eigenvalue weighted by Crippen LogP contribution is -2.36. The third-order valence-electron chi connectivity index (χ3n) is 4.74. The fourth-order valence-electron chi connectivity index (χ4n) is 2.88. The monoisotopic (exact) mass is 317 g/mol. The number of rotatable bonds is 6. The largest absolute Gasteiger partial charge is 0.486 e. The molecule has 23 heavy (non-hydrogen) atoms. The van der Waals surface area contributed by atoms with Crippen LogP contribution in [0.15, 0.2) is 18.2 Å². The lowest BCUT2D eigenvalue weighted by molar-refractivity contribution is -0.132. The van der Waals surface area contributed by atoms with Crippen molar-refractivity contribution in [3.8, 4) is 11.5 Å². The molecule has 0 radical (unpaired) electrons. The van der Waals surface area contributed by atoms with Crippen LogP contribution in [0.5, 0.6) is 11.5 Å². The number of fused-ring (bicyclic) bond motifs is 1. The summed E-state index contributed by atoms with van der Waals surface area (Å²) in [5, 5.41) is 0. The molecule has 1 amide bonds. The van der Waals surface area contributed by atoms with E-state index >= 15 is 0 Å². The minimum Gasteiger partial charge on any atom is -0.486 e. The summed E-state index contributed by atoms with van der Waals surface area (Å²) in [4.78, 5) is 26.3. The van der Waals surface area contributed by atoms with Crippen LogP contribution in [0.25, 0.3) is 0 Å². The van der Waals surface area contributed by atoms with Crippen LogP contribution in [0.1, 0.15) is 43.0 Å². The first kappa shape index (κ1) is 15.8. The lowest BCUT2D eigenvalue weighted by Gasteiger charge is -2.24. The summed E-state index contributed by atoms with van der Waals surface area (Å²) in [5.74, 6) is 1.91. The van der Waals surface area contributed by atoms with Crippen LogP contribution in [0.2, 0.25) is 0 Å². The zero-order chi connectivity index (χ0) is 16.4. The van der Waals surface area contributed by atoms with E-state index in [0.29, 0.717) is 36.2 Å². The van der Waals surface area contributed by atoms with Crippen molar-refractivity contribution >= 4 is 11.7 Å². The predicted molar refractivity (Wildman–Crippen MR) is 86.0 cm³/mol. The van der Waals surface area contributed by atoms with Gasteiger partial charge in [0.25, 0.3) is 0 Å². The second-order valence-corrected chi connectivity index (χ2v) is 6.36. The van der Waals surface area contributed by atoms with Crippen LogP contribution in [-0.4, -0.2) is 42.9 Å². The fraction of sp³-hybridized carbons (Fsp3) is 0.556. The van der Waals surface area contributed by atoms with E-state index in [4.69, 9.17) is 9.47 Å². The molecule has 124 valence electrons. The van der Waals surface area contributed by atoms with Gasteiger partial charge in [-0.05, 0) is 43.9 Å². The summed E-state index contributed by atoms with van der Waals surface area (Å²) in [6.45, 7) is 3.10. The Bertz CT molecular complexity index is 609. The first-order chi connectivity index (χ1) is 11.1.